The summed E-state index contributed by atoms with van der Waals surface area (Å²) >= 11 is 5.94. The summed E-state index contributed by atoms with van der Waals surface area (Å²) in [6.07, 6.45) is 2.69. The minimum Gasteiger partial charge on any atom is -0.464 e. The van der Waals surface area contributed by atoms with Crippen LogP contribution in [0, 0.1) is 0 Å². The number of carbonyl (C=O) groups is 1. The first kappa shape index (κ1) is 18.2. The summed E-state index contributed by atoms with van der Waals surface area (Å²) in [6, 6.07) is 13.3. The van der Waals surface area contributed by atoms with Crippen molar-refractivity contribution in [3.8, 4) is 17.1 Å². The Labute approximate surface area is 155 Å². The number of halogens is 1. The van der Waals surface area contributed by atoms with Crippen LogP contribution in [-0.4, -0.2) is 37.3 Å². The van der Waals surface area contributed by atoms with E-state index >= 15 is 0 Å². The van der Waals surface area contributed by atoms with Crippen LogP contribution in [0.25, 0.3) is 17.1 Å². The summed E-state index contributed by atoms with van der Waals surface area (Å²) in [7, 11) is -2.01. The van der Waals surface area contributed by atoms with Gasteiger partial charge >= 0.3 is 5.97 Å². The lowest BCUT2D eigenvalue weighted by atomic mass is 10.2. The third kappa shape index (κ3) is 3.63. The molecule has 1 aromatic heterocycles. The second-order valence-electron chi connectivity index (χ2n) is 5.58. The smallest absolute Gasteiger partial charge is 0.358 e. The Kier molecular flexibility index (Phi) is 4.84. The lowest BCUT2D eigenvalue weighted by molar-refractivity contribution is 0.0594. The Morgan fingerprint density at radius 3 is 2.23 bits per heavy atom. The number of hydrogen-bond donors (Lipinski definition) is 0. The molecule has 0 unspecified atom stereocenters. The van der Waals surface area contributed by atoms with Gasteiger partial charge in [-0.25, -0.2) is 18.2 Å². The van der Waals surface area contributed by atoms with E-state index in [1.54, 1.807) is 47.2 Å². The zero-order valence-electron chi connectivity index (χ0n) is 14.0. The number of methoxy groups -OCH3 is 1. The number of benzene rings is 2. The van der Waals surface area contributed by atoms with Crippen LogP contribution in [0.3, 0.4) is 0 Å². The zero-order chi connectivity index (χ0) is 18.9. The molecular formula is C18H15ClN2O4S. The van der Waals surface area contributed by atoms with Crippen molar-refractivity contribution in [2.24, 2.45) is 0 Å². The summed E-state index contributed by atoms with van der Waals surface area (Å²) in [5.74, 6) is -0.0547. The standard InChI is InChI=1S/C18H15ClN2O4S/c1-25-18(22)16-11-21(14-7-9-15(10-8-14)26(2,23)24)17(20-16)12-3-5-13(19)6-4-12/h3-11H,1-2H3. The molecule has 0 N–H and O–H groups in total. The van der Waals surface area contributed by atoms with Crippen LogP contribution in [0.1, 0.15) is 10.5 Å². The molecule has 0 aliphatic carbocycles. The average Bonchev–Trinajstić information content (AvgIpc) is 3.06. The molecule has 26 heavy (non-hydrogen) atoms. The van der Waals surface area contributed by atoms with E-state index in [1.165, 1.54) is 19.2 Å². The predicted octanol–water partition coefficient (Wildman–Crippen LogP) is 3.38. The zero-order valence-corrected chi connectivity index (χ0v) is 15.6. The second-order valence-corrected chi connectivity index (χ2v) is 8.04. The van der Waals surface area contributed by atoms with E-state index in [9.17, 15) is 13.2 Å². The van der Waals surface area contributed by atoms with Gasteiger partial charge in [0.05, 0.1) is 12.0 Å². The second kappa shape index (κ2) is 6.93. The van der Waals surface area contributed by atoms with Gasteiger partial charge in [0.2, 0.25) is 0 Å². The molecule has 0 spiro atoms. The molecule has 1 heterocycles. The Hall–Kier alpha value is -2.64. The Morgan fingerprint density at radius 2 is 1.69 bits per heavy atom. The van der Waals surface area contributed by atoms with E-state index in [0.29, 0.717) is 16.5 Å². The summed E-state index contributed by atoms with van der Waals surface area (Å²) < 4.78 is 29.7. The fraction of sp³-hybridized carbons (Fsp3) is 0.111. The van der Waals surface area contributed by atoms with Gasteiger partial charge in [-0.3, -0.25) is 4.57 Å². The third-order valence-electron chi connectivity index (χ3n) is 3.75. The van der Waals surface area contributed by atoms with E-state index in [-0.39, 0.29) is 10.6 Å². The first-order chi connectivity index (χ1) is 12.3. The average molecular weight is 391 g/mol. The van der Waals surface area contributed by atoms with Crippen molar-refractivity contribution in [1.82, 2.24) is 9.55 Å². The van der Waals surface area contributed by atoms with Crippen LogP contribution < -0.4 is 0 Å². The Balaban J connectivity index is 2.14. The molecule has 0 atom stereocenters. The molecule has 0 bridgehead atoms. The number of sulfone groups is 1. The first-order valence-corrected chi connectivity index (χ1v) is 9.80. The molecule has 0 amide bonds. The van der Waals surface area contributed by atoms with E-state index in [2.05, 4.69) is 4.98 Å². The third-order valence-corrected chi connectivity index (χ3v) is 5.13. The Morgan fingerprint density at radius 1 is 1.08 bits per heavy atom. The van der Waals surface area contributed by atoms with Crippen molar-refractivity contribution in [1.29, 1.82) is 0 Å². The first-order valence-electron chi connectivity index (χ1n) is 7.54. The van der Waals surface area contributed by atoms with Crippen molar-refractivity contribution in [3.05, 3.63) is 65.4 Å². The minimum absolute atomic E-state index is 0.143. The van der Waals surface area contributed by atoms with Crippen LogP contribution in [-0.2, 0) is 14.6 Å². The van der Waals surface area contributed by atoms with Gasteiger partial charge in [0.15, 0.2) is 15.5 Å². The van der Waals surface area contributed by atoms with Gasteiger partial charge in [0.25, 0.3) is 0 Å². The van der Waals surface area contributed by atoms with E-state index < -0.39 is 15.8 Å². The molecular weight excluding hydrogens is 376 g/mol. The molecule has 0 aliphatic rings. The predicted molar refractivity (Wildman–Crippen MR) is 98.5 cm³/mol. The highest BCUT2D eigenvalue weighted by Gasteiger charge is 2.17. The number of carbonyl (C=O) groups excluding carboxylic acids is 1. The summed E-state index contributed by atoms with van der Waals surface area (Å²) in [6.45, 7) is 0. The summed E-state index contributed by atoms with van der Waals surface area (Å²) in [4.78, 5) is 16.4. The maximum Gasteiger partial charge on any atom is 0.358 e. The maximum atomic E-state index is 11.9. The maximum absolute atomic E-state index is 11.9. The van der Waals surface area contributed by atoms with Crippen molar-refractivity contribution < 1.29 is 17.9 Å². The highest BCUT2D eigenvalue weighted by molar-refractivity contribution is 7.90. The summed E-state index contributed by atoms with van der Waals surface area (Å²) in [5.41, 5.74) is 1.55. The molecule has 0 saturated heterocycles. The molecule has 0 radical (unpaired) electrons. The topological polar surface area (TPSA) is 78.3 Å². The van der Waals surface area contributed by atoms with Gasteiger partial charge in [-0.15, -0.1) is 0 Å². The molecule has 8 heteroatoms. The van der Waals surface area contributed by atoms with Crippen LogP contribution >= 0.6 is 11.6 Å². The highest BCUT2D eigenvalue weighted by Crippen LogP contribution is 2.25. The molecule has 0 aliphatic heterocycles. The van der Waals surface area contributed by atoms with Crippen molar-refractivity contribution in [3.63, 3.8) is 0 Å². The van der Waals surface area contributed by atoms with E-state index in [4.69, 9.17) is 16.3 Å². The van der Waals surface area contributed by atoms with Gasteiger partial charge in [0.1, 0.15) is 5.82 Å². The SMILES string of the molecule is COC(=O)c1cn(-c2ccc(S(C)(=O)=O)cc2)c(-c2ccc(Cl)cc2)n1. The lowest BCUT2D eigenvalue weighted by Crippen LogP contribution is -2.01. The quantitative estimate of drug-likeness (QED) is 0.638. The number of aromatic nitrogens is 2. The summed E-state index contributed by atoms with van der Waals surface area (Å²) in [5, 5.41) is 0.581. The normalized spacial score (nSPS) is 11.3. The highest BCUT2D eigenvalue weighted by atomic mass is 35.5. The van der Waals surface area contributed by atoms with Crippen LogP contribution in [0.15, 0.2) is 59.6 Å². The van der Waals surface area contributed by atoms with Crippen LogP contribution in [0.5, 0.6) is 0 Å². The van der Waals surface area contributed by atoms with Crippen molar-refractivity contribution in [2.75, 3.05) is 13.4 Å². The van der Waals surface area contributed by atoms with E-state index in [0.717, 1.165) is 11.8 Å². The number of rotatable bonds is 4. The van der Waals surface area contributed by atoms with Gasteiger partial charge < -0.3 is 4.74 Å². The van der Waals surface area contributed by atoms with Gasteiger partial charge in [-0.2, -0.15) is 0 Å². The largest absolute Gasteiger partial charge is 0.464 e. The molecule has 3 aromatic rings. The fourth-order valence-corrected chi connectivity index (χ4v) is 3.19. The molecule has 2 aromatic carbocycles. The van der Waals surface area contributed by atoms with Crippen LogP contribution in [0.2, 0.25) is 5.02 Å². The number of nitrogens with zero attached hydrogens (tertiary/aromatic N) is 2. The van der Waals surface area contributed by atoms with E-state index in [1.807, 2.05) is 0 Å². The minimum atomic E-state index is -3.29. The molecule has 6 nitrogen and oxygen atoms in total. The molecule has 3 rings (SSSR count). The molecule has 134 valence electrons. The van der Waals surface area contributed by atoms with Gasteiger partial charge in [-0.1, -0.05) is 11.6 Å². The number of hydrogen-bond acceptors (Lipinski definition) is 5. The fourth-order valence-electron chi connectivity index (χ4n) is 2.44. The number of esters is 1. The lowest BCUT2D eigenvalue weighted by Gasteiger charge is -2.08. The van der Waals surface area contributed by atoms with Gasteiger partial charge in [-0.05, 0) is 48.5 Å². The van der Waals surface area contributed by atoms with Gasteiger partial charge in [0, 0.05) is 28.7 Å². The van der Waals surface area contributed by atoms with Crippen LogP contribution in [0.4, 0.5) is 0 Å². The molecule has 0 saturated carbocycles. The monoisotopic (exact) mass is 390 g/mol. The van der Waals surface area contributed by atoms with Crippen molar-refractivity contribution >= 4 is 27.4 Å². The van der Waals surface area contributed by atoms with Crippen molar-refractivity contribution in [2.45, 2.75) is 4.90 Å². The molecule has 0 fully saturated rings. The number of ether oxygens (including phenoxy) is 1. The number of imidazole rings is 1. The Bertz CT molecular complexity index is 1060.